The summed E-state index contributed by atoms with van der Waals surface area (Å²) in [5.74, 6) is -3.32. The number of amides is 2. The molecular formula is C15H18ClF2N3O2. The average molecular weight is 346 g/mol. The molecule has 1 aliphatic heterocycles. The number of carbonyl (C=O) groups excluding carboxylic acids is 2. The Morgan fingerprint density at radius 1 is 1.43 bits per heavy atom. The van der Waals surface area contributed by atoms with Gasteiger partial charge in [0.25, 0.3) is 0 Å². The molecule has 126 valence electrons. The van der Waals surface area contributed by atoms with Gasteiger partial charge in [0.05, 0.1) is 12.0 Å². The summed E-state index contributed by atoms with van der Waals surface area (Å²) in [5, 5.41) is 1.97. The van der Waals surface area contributed by atoms with E-state index >= 15 is 0 Å². The first kappa shape index (κ1) is 17.6. The van der Waals surface area contributed by atoms with Crippen LogP contribution in [0.25, 0.3) is 0 Å². The van der Waals surface area contributed by atoms with Crippen LogP contribution < -0.4 is 15.1 Å². The molecule has 1 fully saturated rings. The van der Waals surface area contributed by atoms with E-state index in [1.54, 1.807) is 11.8 Å². The Morgan fingerprint density at radius 2 is 2.04 bits per heavy atom. The maximum atomic E-state index is 14.4. The number of rotatable bonds is 7. The predicted molar refractivity (Wildman–Crippen MR) is 83.2 cm³/mol. The minimum absolute atomic E-state index is 0.0775. The summed E-state index contributed by atoms with van der Waals surface area (Å²) in [5.41, 5.74) is 0.0976. The zero-order valence-electron chi connectivity index (χ0n) is 12.6. The van der Waals surface area contributed by atoms with Crippen LogP contribution in [0.1, 0.15) is 31.2 Å². The highest BCUT2D eigenvalue weighted by Crippen LogP contribution is 2.32. The van der Waals surface area contributed by atoms with Crippen molar-refractivity contribution in [2.24, 2.45) is 0 Å². The van der Waals surface area contributed by atoms with Gasteiger partial charge in [-0.25, -0.2) is 13.6 Å². The first-order valence-corrected chi connectivity index (χ1v) is 7.73. The van der Waals surface area contributed by atoms with Crippen molar-refractivity contribution in [2.45, 2.75) is 31.7 Å². The predicted octanol–water partition coefficient (Wildman–Crippen LogP) is 2.05. The summed E-state index contributed by atoms with van der Waals surface area (Å²) in [4.78, 5) is 26.7. The molecule has 1 aromatic rings. The molecule has 2 rings (SSSR count). The van der Waals surface area contributed by atoms with Gasteiger partial charge in [-0.05, 0) is 30.3 Å². The van der Waals surface area contributed by atoms with Crippen molar-refractivity contribution in [1.82, 2.24) is 10.2 Å². The number of nitrogens with one attached hydrogen (secondary N) is 2. The van der Waals surface area contributed by atoms with Gasteiger partial charge in [-0.2, -0.15) is 0 Å². The SMILES string of the molecule is CCCC(C(=O)NC=O)c1c(F)cc(N2CC(NCl)C2)cc1F. The van der Waals surface area contributed by atoms with E-state index in [2.05, 4.69) is 4.84 Å². The highest BCUT2D eigenvalue weighted by atomic mass is 35.5. The standard InChI is InChI=1S/C15H18ClF2N3O2/c1-2-3-11(15(23)19-8-22)14-12(17)4-10(5-13(14)18)21-6-9(7-21)20-16/h4-5,8-9,11,20H,2-3,6-7H2,1H3,(H,19,22,23). The smallest absolute Gasteiger partial charge is 0.234 e. The minimum atomic E-state index is -1.03. The number of benzene rings is 1. The normalized spacial score (nSPS) is 15.9. The Hall–Kier alpha value is -1.73. The molecule has 0 aliphatic carbocycles. The van der Waals surface area contributed by atoms with E-state index in [1.807, 2.05) is 5.32 Å². The molecule has 1 heterocycles. The van der Waals surface area contributed by atoms with E-state index < -0.39 is 23.5 Å². The fraction of sp³-hybridized carbons (Fsp3) is 0.467. The first-order chi connectivity index (χ1) is 11.0. The Kier molecular flexibility index (Phi) is 5.90. The highest BCUT2D eigenvalue weighted by Gasteiger charge is 2.30. The van der Waals surface area contributed by atoms with Gasteiger partial charge in [0.2, 0.25) is 12.3 Å². The number of hydrogen-bond donors (Lipinski definition) is 2. The Balaban J connectivity index is 2.27. The number of imide groups is 1. The van der Waals surface area contributed by atoms with Crippen LogP contribution in [0.2, 0.25) is 0 Å². The second kappa shape index (κ2) is 7.70. The van der Waals surface area contributed by atoms with E-state index in [-0.39, 0.29) is 24.4 Å². The molecule has 1 atom stereocenters. The van der Waals surface area contributed by atoms with Crippen molar-refractivity contribution < 1.29 is 18.4 Å². The second-order valence-corrected chi connectivity index (χ2v) is 5.72. The number of hydrogen-bond acceptors (Lipinski definition) is 4. The summed E-state index contributed by atoms with van der Waals surface area (Å²) in [6.07, 6.45) is 1.01. The summed E-state index contributed by atoms with van der Waals surface area (Å²) < 4.78 is 28.8. The van der Waals surface area contributed by atoms with Crippen molar-refractivity contribution >= 4 is 29.8 Å². The molecule has 2 N–H and O–H groups in total. The molecule has 1 aliphatic rings. The van der Waals surface area contributed by atoms with Gasteiger partial charge in [0.1, 0.15) is 11.6 Å². The summed E-state index contributed by atoms with van der Waals surface area (Å²) in [6, 6.07) is 2.49. The third-order valence-corrected chi connectivity index (χ3v) is 4.22. The monoisotopic (exact) mass is 345 g/mol. The van der Waals surface area contributed by atoms with E-state index in [1.165, 1.54) is 12.1 Å². The van der Waals surface area contributed by atoms with Crippen LogP contribution in [0.3, 0.4) is 0 Å². The topological polar surface area (TPSA) is 61.4 Å². The molecule has 8 heteroatoms. The van der Waals surface area contributed by atoms with Crippen LogP contribution in [0.15, 0.2) is 12.1 Å². The molecule has 1 aromatic carbocycles. The number of anilines is 1. The lowest BCUT2D eigenvalue weighted by atomic mass is 9.92. The Morgan fingerprint density at radius 3 is 2.52 bits per heavy atom. The van der Waals surface area contributed by atoms with E-state index in [4.69, 9.17) is 11.8 Å². The zero-order chi connectivity index (χ0) is 17.0. The molecular weight excluding hydrogens is 328 g/mol. The summed E-state index contributed by atoms with van der Waals surface area (Å²) >= 11 is 5.49. The third-order valence-electron chi connectivity index (χ3n) is 3.91. The maximum Gasteiger partial charge on any atom is 0.234 e. The first-order valence-electron chi connectivity index (χ1n) is 7.35. The van der Waals surface area contributed by atoms with Crippen LogP contribution in [-0.2, 0) is 9.59 Å². The lowest BCUT2D eigenvalue weighted by molar-refractivity contribution is -0.126. The van der Waals surface area contributed by atoms with Crippen LogP contribution >= 0.6 is 11.8 Å². The molecule has 1 unspecified atom stereocenters. The average Bonchev–Trinajstić information content (AvgIpc) is 2.45. The molecule has 5 nitrogen and oxygen atoms in total. The van der Waals surface area contributed by atoms with Gasteiger partial charge in [0.15, 0.2) is 0 Å². The van der Waals surface area contributed by atoms with Crippen LogP contribution in [0.4, 0.5) is 14.5 Å². The number of carbonyl (C=O) groups is 2. The Labute approximate surface area is 138 Å². The van der Waals surface area contributed by atoms with E-state index in [9.17, 15) is 18.4 Å². The summed E-state index contributed by atoms with van der Waals surface area (Å²) in [6.45, 7) is 2.89. The van der Waals surface area contributed by atoms with Crippen molar-refractivity contribution in [3.05, 3.63) is 29.3 Å². The van der Waals surface area contributed by atoms with E-state index in [0.717, 1.165) is 0 Å². The van der Waals surface area contributed by atoms with Gasteiger partial charge in [-0.1, -0.05) is 13.3 Å². The van der Waals surface area contributed by atoms with Gasteiger partial charge in [0, 0.05) is 24.3 Å². The van der Waals surface area contributed by atoms with Crippen molar-refractivity contribution in [3.8, 4) is 0 Å². The molecule has 1 saturated heterocycles. The van der Waals surface area contributed by atoms with Crippen molar-refractivity contribution in [2.75, 3.05) is 18.0 Å². The van der Waals surface area contributed by atoms with Crippen LogP contribution in [-0.4, -0.2) is 31.4 Å². The molecule has 0 bridgehead atoms. The largest absolute Gasteiger partial charge is 0.368 e. The lowest BCUT2D eigenvalue weighted by Gasteiger charge is -2.40. The lowest BCUT2D eigenvalue weighted by Crippen LogP contribution is -2.55. The van der Waals surface area contributed by atoms with Gasteiger partial charge in [-0.3, -0.25) is 14.9 Å². The maximum absolute atomic E-state index is 14.4. The zero-order valence-corrected chi connectivity index (χ0v) is 13.4. The molecule has 23 heavy (non-hydrogen) atoms. The number of halogens is 3. The van der Waals surface area contributed by atoms with Crippen molar-refractivity contribution in [1.29, 1.82) is 0 Å². The molecule has 0 saturated carbocycles. The number of nitrogens with zero attached hydrogens (tertiary/aromatic N) is 1. The Bertz CT molecular complexity index is 571. The van der Waals surface area contributed by atoms with Crippen LogP contribution in [0, 0.1) is 11.6 Å². The quantitative estimate of drug-likeness (QED) is 0.586. The third kappa shape index (κ3) is 3.79. The minimum Gasteiger partial charge on any atom is -0.368 e. The highest BCUT2D eigenvalue weighted by molar-refractivity contribution is 6.13. The van der Waals surface area contributed by atoms with E-state index in [0.29, 0.717) is 25.2 Å². The fourth-order valence-electron chi connectivity index (χ4n) is 2.70. The summed E-state index contributed by atoms with van der Waals surface area (Å²) in [7, 11) is 0. The molecule has 0 aromatic heterocycles. The van der Waals surface area contributed by atoms with Gasteiger partial charge in [-0.15, -0.1) is 0 Å². The van der Waals surface area contributed by atoms with Gasteiger partial charge < -0.3 is 4.90 Å². The molecule has 0 spiro atoms. The van der Waals surface area contributed by atoms with Gasteiger partial charge >= 0.3 is 0 Å². The molecule has 2 amide bonds. The second-order valence-electron chi connectivity index (χ2n) is 5.50. The fourth-order valence-corrected chi connectivity index (χ4v) is 2.84. The molecule has 0 radical (unpaired) electrons. The van der Waals surface area contributed by atoms with Crippen molar-refractivity contribution in [3.63, 3.8) is 0 Å². The van der Waals surface area contributed by atoms with Crippen LogP contribution in [0.5, 0.6) is 0 Å².